The third kappa shape index (κ3) is 3.03. The van der Waals surface area contributed by atoms with E-state index in [-0.39, 0.29) is 12.1 Å². The maximum absolute atomic E-state index is 5.59. The molecule has 0 spiro atoms. The van der Waals surface area contributed by atoms with Crippen LogP contribution in [0.4, 0.5) is 5.95 Å². The van der Waals surface area contributed by atoms with Gasteiger partial charge in [0.2, 0.25) is 5.95 Å². The van der Waals surface area contributed by atoms with Gasteiger partial charge in [-0.1, -0.05) is 0 Å². The molecule has 0 aliphatic carbocycles. The second-order valence-electron chi connectivity index (χ2n) is 6.47. The van der Waals surface area contributed by atoms with Crippen molar-refractivity contribution in [3.63, 3.8) is 0 Å². The topological polar surface area (TPSA) is 92.7 Å². The number of pyridine rings is 1. The molecule has 1 N–H and O–H groups in total. The fraction of sp³-hybridized carbons (Fsp3) is 0.389. The highest BCUT2D eigenvalue weighted by molar-refractivity contribution is 5.57. The molecular weight excluding hydrogens is 330 g/mol. The Kier molecular flexibility index (Phi) is 4.34. The van der Waals surface area contributed by atoms with Crippen molar-refractivity contribution in [3.05, 3.63) is 47.9 Å². The molecule has 4 rings (SSSR count). The van der Waals surface area contributed by atoms with Crippen LogP contribution in [0.25, 0.3) is 11.3 Å². The molecule has 2 atom stereocenters. The second kappa shape index (κ2) is 6.80. The highest BCUT2D eigenvalue weighted by Crippen LogP contribution is 2.35. The Labute approximate surface area is 151 Å². The van der Waals surface area contributed by atoms with Gasteiger partial charge in [0.05, 0.1) is 35.4 Å². The van der Waals surface area contributed by atoms with Gasteiger partial charge >= 0.3 is 0 Å². The minimum atomic E-state index is 0.00859. The van der Waals surface area contributed by atoms with E-state index in [0.717, 1.165) is 34.9 Å². The van der Waals surface area contributed by atoms with E-state index < -0.39 is 0 Å². The first-order valence-corrected chi connectivity index (χ1v) is 8.58. The first-order chi connectivity index (χ1) is 12.7. The number of H-pyrrole nitrogens is 1. The zero-order valence-corrected chi connectivity index (χ0v) is 15.0. The molecule has 1 aliphatic heterocycles. The number of imidazole rings is 1. The Morgan fingerprint density at radius 2 is 2.08 bits per heavy atom. The van der Waals surface area contributed by atoms with Gasteiger partial charge in [0, 0.05) is 38.0 Å². The van der Waals surface area contributed by atoms with E-state index in [0.29, 0.717) is 12.5 Å². The zero-order valence-electron chi connectivity index (χ0n) is 15.0. The summed E-state index contributed by atoms with van der Waals surface area (Å²) >= 11 is 0. The monoisotopic (exact) mass is 351 g/mol. The quantitative estimate of drug-likeness (QED) is 0.770. The predicted octanol–water partition coefficient (Wildman–Crippen LogP) is 2.24. The molecule has 1 aliphatic rings. The predicted molar refractivity (Wildman–Crippen MR) is 96.6 cm³/mol. The molecule has 0 amide bonds. The molecule has 0 bridgehead atoms. The Bertz CT molecular complexity index is 896. The molecule has 0 aromatic carbocycles. The van der Waals surface area contributed by atoms with Gasteiger partial charge in [0.25, 0.3) is 0 Å². The van der Waals surface area contributed by atoms with E-state index in [1.807, 2.05) is 38.4 Å². The summed E-state index contributed by atoms with van der Waals surface area (Å²) in [5.74, 6) is 1.47. The smallest absolute Gasteiger partial charge is 0.246 e. The lowest BCUT2D eigenvalue weighted by Crippen LogP contribution is -2.28. The number of aromatic nitrogens is 6. The number of nitrogens with one attached hydrogen (secondary N) is 1. The molecule has 3 aromatic rings. The average Bonchev–Trinajstić information content (AvgIpc) is 3.31. The molecule has 0 unspecified atom stereocenters. The van der Waals surface area contributed by atoms with E-state index in [1.54, 1.807) is 13.3 Å². The van der Waals surface area contributed by atoms with Crippen molar-refractivity contribution in [3.8, 4) is 11.3 Å². The van der Waals surface area contributed by atoms with E-state index in [9.17, 15) is 0 Å². The number of methoxy groups -OCH3 is 1. The fourth-order valence-corrected chi connectivity index (χ4v) is 3.19. The van der Waals surface area contributed by atoms with Gasteiger partial charge in [-0.05, 0) is 26.0 Å². The summed E-state index contributed by atoms with van der Waals surface area (Å²) in [5, 5.41) is 8.51. The summed E-state index contributed by atoms with van der Waals surface area (Å²) < 4.78 is 5.59. The van der Waals surface area contributed by atoms with Crippen molar-refractivity contribution in [2.75, 3.05) is 18.6 Å². The normalized spacial score (nSPS) is 19.9. The number of aryl methyl sites for hydroxylation is 2. The summed E-state index contributed by atoms with van der Waals surface area (Å²) in [4.78, 5) is 18.9. The van der Waals surface area contributed by atoms with Crippen molar-refractivity contribution >= 4 is 5.95 Å². The Hall–Kier alpha value is -2.87. The van der Waals surface area contributed by atoms with Crippen LogP contribution in [-0.4, -0.2) is 49.9 Å². The van der Waals surface area contributed by atoms with Crippen molar-refractivity contribution in [2.45, 2.75) is 32.4 Å². The van der Waals surface area contributed by atoms with Crippen LogP contribution in [0, 0.1) is 13.8 Å². The van der Waals surface area contributed by atoms with Crippen LogP contribution in [-0.2, 0) is 4.74 Å². The molecule has 0 radical (unpaired) electrons. The third-order valence-corrected chi connectivity index (χ3v) is 4.82. The average molecular weight is 351 g/mol. The Balaban J connectivity index is 1.67. The highest BCUT2D eigenvalue weighted by Gasteiger charge is 2.37. The van der Waals surface area contributed by atoms with Gasteiger partial charge in [0.1, 0.15) is 5.82 Å². The third-order valence-electron chi connectivity index (χ3n) is 4.82. The van der Waals surface area contributed by atoms with Gasteiger partial charge in [0.15, 0.2) is 0 Å². The lowest BCUT2D eigenvalue weighted by Gasteiger charge is -2.22. The van der Waals surface area contributed by atoms with E-state index in [1.165, 1.54) is 0 Å². The Morgan fingerprint density at radius 3 is 2.81 bits per heavy atom. The highest BCUT2D eigenvalue weighted by atomic mass is 16.5. The van der Waals surface area contributed by atoms with E-state index >= 15 is 0 Å². The van der Waals surface area contributed by atoms with Crippen LogP contribution >= 0.6 is 0 Å². The molecule has 8 nitrogen and oxygen atoms in total. The number of anilines is 1. The number of hydrogen-bond donors (Lipinski definition) is 1. The first-order valence-electron chi connectivity index (χ1n) is 8.58. The van der Waals surface area contributed by atoms with Gasteiger partial charge < -0.3 is 14.6 Å². The SMILES string of the molecule is CO[C@@H]1C[C@@H](c2ncc(-c3cccnc3)[nH]2)N(c2nnc(C)c(C)n2)C1. The van der Waals surface area contributed by atoms with Crippen LogP contribution in [0.15, 0.2) is 30.7 Å². The molecule has 134 valence electrons. The van der Waals surface area contributed by atoms with E-state index in [4.69, 9.17) is 4.74 Å². The lowest BCUT2D eigenvalue weighted by atomic mass is 10.2. The molecule has 1 fully saturated rings. The van der Waals surface area contributed by atoms with Gasteiger partial charge in [-0.25, -0.2) is 9.97 Å². The van der Waals surface area contributed by atoms with Crippen molar-refractivity contribution in [1.29, 1.82) is 0 Å². The van der Waals surface area contributed by atoms with Gasteiger partial charge in [-0.2, -0.15) is 5.10 Å². The van der Waals surface area contributed by atoms with Crippen LogP contribution in [0.3, 0.4) is 0 Å². The van der Waals surface area contributed by atoms with Crippen molar-refractivity contribution in [1.82, 2.24) is 30.1 Å². The molecule has 0 saturated carbocycles. The molecule has 26 heavy (non-hydrogen) atoms. The summed E-state index contributed by atoms with van der Waals surface area (Å²) in [7, 11) is 1.73. The van der Waals surface area contributed by atoms with Gasteiger partial charge in [-0.3, -0.25) is 4.98 Å². The summed E-state index contributed by atoms with van der Waals surface area (Å²) in [6.07, 6.45) is 6.32. The summed E-state index contributed by atoms with van der Waals surface area (Å²) in [6.45, 7) is 4.55. The zero-order chi connectivity index (χ0) is 18.1. The van der Waals surface area contributed by atoms with Gasteiger partial charge in [-0.15, -0.1) is 5.10 Å². The number of rotatable bonds is 4. The molecule has 4 heterocycles. The van der Waals surface area contributed by atoms with Crippen LogP contribution < -0.4 is 4.90 Å². The van der Waals surface area contributed by atoms with Crippen molar-refractivity contribution < 1.29 is 4.74 Å². The van der Waals surface area contributed by atoms with Crippen LogP contribution in [0.5, 0.6) is 0 Å². The minimum Gasteiger partial charge on any atom is -0.380 e. The maximum atomic E-state index is 5.59. The number of aromatic amines is 1. The maximum Gasteiger partial charge on any atom is 0.246 e. The fourth-order valence-electron chi connectivity index (χ4n) is 3.19. The lowest BCUT2D eigenvalue weighted by molar-refractivity contribution is 0.118. The summed E-state index contributed by atoms with van der Waals surface area (Å²) in [5.41, 5.74) is 3.66. The minimum absolute atomic E-state index is 0.00859. The summed E-state index contributed by atoms with van der Waals surface area (Å²) in [6, 6.07) is 3.92. The number of hydrogen-bond acceptors (Lipinski definition) is 7. The molecule has 1 saturated heterocycles. The van der Waals surface area contributed by atoms with E-state index in [2.05, 4.69) is 35.0 Å². The molecular formula is C18H21N7O. The Morgan fingerprint density at radius 1 is 1.19 bits per heavy atom. The molecule has 8 heteroatoms. The van der Waals surface area contributed by atoms with Crippen LogP contribution in [0.2, 0.25) is 0 Å². The molecule has 3 aromatic heterocycles. The van der Waals surface area contributed by atoms with Crippen LogP contribution in [0.1, 0.15) is 29.7 Å². The number of nitrogens with zero attached hydrogens (tertiary/aromatic N) is 6. The number of ether oxygens (including phenoxy) is 1. The standard InChI is InChI=1S/C18H21N7O/c1-11-12(2)23-24-18(21-11)25-10-14(26-3)7-16(25)17-20-9-15(22-17)13-5-4-6-19-8-13/h4-6,8-9,14,16H,7,10H2,1-3H3,(H,20,22)/t14-,16+/m1/s1. The largest absolute Gasteiger partial charge is 0.380 e. The second-order valence-corrected chi connectivity index (χ2v) is 6.47. The first kappa shape index (κ1) is 16.6. The van der Waals surface area contributed by atoms with Crippen molar-refractivity contribution in [2.24, 2.45) is 0 Å².